The second kappa shape index (κ2) is 16.5. The summed E-state index contributed by atoms with van der Waals surface area (Å²) in [4.78, 5) is 37.5. The Morgan fingerprint density at radius 1 is 1.05 bits per heavy atom. The molecular formula is C25H34ClF3N6O4. The van der Waals surface area contributed by atoms with Crippen LogP contribution in [-0.4, -0.2) is 66.5 Å². The maximum absolute atomic E-state index is 12.1. The van der Waals surface area contributed by atoms with Crippen molar-refractivity contribution in [1.82, 2.24) is 10.2 Å². The lowest BCUT2D eigenvalue weighted by molar-refractivity contribution is -0.137. The summed E-state index contributed by atoms with van der Waals surface area (Å²) in [6.07, 6.45) is -4.03. The molecule has 1 unspecified atom stereocenters. The lowest BCUT2D eigenvalue weighted by atomic mass is 10.1. The number of phenolic OH excluding ortho intramolecular Hbond substituents is 1. The van der Waals surface area contributed by atoms with Crippen LogP contribution >= 0.6 is 11.6 Å². The maximum atomic E-state index is 12.1. The van der Waals surface area contributed by atoms with E-state index >= 15 is 0 Å². The van der Waals surface area contributed by atoms with Crippen LogP contribution in [0.25, 0.3) is 0 Å². The number of phenols is 1. The smallest absolute Gasteiger partial charge is 0.416 e. The first kappa shape index (κ1) is 33.6. The number of benzene rings is 2. The Hall–Kier alpha value is -3.39. The first-order valence-corrected chi connectivity index (χ1v) is 12.3. The highest BCUT2D eigenvalue weighted by molar-refractivity contribution is 6.31. The van der Waals surface area contributed by atoms with Crippen molar-refractivity contribution in [2.75, 3.05) is 38.0 Å². The Morgan fingerprint density at radius 2 is 1.64 bits per heavy atom. The fourth-order valence-electron chi connectivity index (χ4n) is 3.08. The molecule has 3 amide bonds. The molecule has 10 nitrogen and oxygen atoms in total. The first-order chi connectivity index (χ1) is 18.3. The molecule has 14 heteroatoms. The molecule has 2 aromatic carbocycles. The van der Waals surface area contributed by atoms with Crippen LogP contribution in [0.5, 0.6) is 5.75 Å². The van der Waals surface area contributed by atoms with Crippen LogP contribution < -0.4 is 27.8 Å². The number of nitrogens with zero attached hydrogens (tertiary/aromatic N) is 1. The Morgan fingerprint density at radius 3 is 2.18 bits per heavy atom. The van der Waals surface area contributed by atoms with Crippen LogP contribution in [0.1, 0.15) is 24.0 Å². The van der Waals surface area contributed by atoms with E-state index in [1.54, 1.807) is 6.92 Å². The van der Waals surface area contributed by atoms with Crippen LogP contribution in [0.2, 0.25) is 5.02 Å². The third-order valence-electron chi connectivity index (χ3n) is 5.19. The molecule has 0 bridgehead atoms. The first-order valence-electron chi connectivity index (χ1n) is 11.9. The minimum Gasteiger partial charge on any atom is -0.506 e. The van der Waals surface area contributed by atoms with E-state index in [0.717, 1.165) is 17.7 Å². The van der Waals surface area contributed by atoms with Gasteiger partial charge in [0, 0.05) is 37.6 Å². The fourth-order valence-corrected chi connectivity index (χ4v) is 3.26. The number of nitrogens with one attached hydrogen (secondary N) is 2. The Labute approximate surface area is 229 Å². The van der Waals surface area contributed by atoms with Gasteiger partial charge in [0.25, 0.3) is 0 Å². The minimum absolute atomic E-state index is 0.0666. The lowest BCUT2D eigenvalue weighted by Crippen LogP contribution is -2.45. The van der Waals surface area contributed by atoms with Crippen molar-refractivity contribution in [3.05, 3.63) is 58.6 Å². The predicted molar refractivity (Wildman–Crippen MR) is 143 cm³/mol. The van der Waals surface area contributed by atoms with Gasteiger partial charge in [-0.1, -0.05) is 29.3 Å². The van der Waals surface area contributed by atoms with Gasteiger partial charge in [0.2, 0.25) is 17.7 Å². The Kier molecular flexibility index (Phi) is 14.3. The van der Waals surface area contributed by atoms with Gasteiger partial charge in [0.15, 0.2) is 0 Å². The molecule has 0 aromatic heterocycles. The highest BCUT2D eigenvalue weighted by atomic mass is 35.5. The van der Waals surface area contributed by atoms with Gasteiger partial charge < -0.3 is 37.8 Å². The number of carbonyl (C=O) groups excluding carboxylic acids is 3. The molecule has 216 valence electrons. The van der Waals surface area contributed by atoms with E-state index in [4.69, 9.17) is 28.8 Å². The molecular weight excluding hydrogens is 541 g/mol. The van der Waals surface area contributed by atoms with Gasteiger partial charge in [-0.15, -0.1) is 0 Å². The van der Waals surface area contributed by atoms with Gasteiger partial charge in [-0.25, -0.2) is 0 Å². The van der Waals surface area contributed by atoms with E-state index in [0.29, 0.717) is 31.2 Å². The van der Waals surface area contributed by atoms with Crippen molar-refractivity contribution in [3.63, 3.8) is 0 Å². The zero-order valence-electron chi connectivity index (χ0n) is 21.4. The third-order valence-corrected chi connectivity index (χ3v) is 5.43. The zero-order valence-corrected chi connectivity index (χ0v) is 22.2. The largest absolute Gasteiger partial charge is 0.506 e. The summed E-state index contributed by atoms with van der Waals surface area (Å²) < 4.78 is 35.8. The van der Waals surface area contributed by atoms with Crippen molar-refractivity contribution >= 4 is 35.0 Å². The number of aromatic hydroxyl groups is 1. The van der Waals surface area contributed by atoms with Gasteiger partial charge in [-0.05, 0) is 43.7 Å². The summed E-state index contributed by atoms with van der Waals surface area (Å²) >= 11 is 5.80. The molecule has 9 N–H and O–H groups in total. The van der Waals surface area contributed by atoms with Crippen molar-refractivity contribution in [2.24, 2.45) is 17.2 Å². The van der Waals surface area contributed by atoms with E-state index in [1.807, 2.05) is 0 Å². The van der Waals surface area contributed by atoms with Crippen LogP contribution in [0.15, 0.2) is 42.5 Å². The number of amides is 3. The summed E-state index contributed by atoms with van der Waals surface area (Å²) in [5.74, 6) is -1.47. The monoisotopic (exact) mass is 574 g/mol. The highest BCUT2D eigenvalue weighted by Crippen LogP contribution is 2.29. The molecule has 0 saturated carbocycles. The lowest BCUT2D eigenvalue weighted by Gasteiger charge is -2.22. The summed E-state index contributed by atoms with van der Waals surface area (Å²) in [6, 6.07) is 8.28. The average Bonchev–Trinajstić information content (AvgIpc) is 2.87. The van der Waals surface area contributed by atoms with Gasteiger partial charge >= 0.3 is 6.18 Å². The number of aryl methyl sites for hydroxylation is 1. The molecule has 0 aliphatic rings. The van der Waals surface area contributed by atoms with E-state index < -0.39 is 29.6 Å². The minimum atomic E-state index is -4.21. The zero-order chi connectivity index (χ0) is 29.6. The van der Waals surface area contributed by atoms with Crippen LogP contribution in [0, 0.1) is 6.92 Å². The van der Waals surface area contributed by atoms with Crippen LogP contribution in [0.3, 0.4) is 0 Å². The van der Waals surface area contributed by atoms with Gasteiger partial charge in [-0.2, -0.15) is 13.2 Å². The SMILES string of the molecule is Cc1ccc(C(F)(F)F)cc1.NCCN(CCN)C(=O)CCC(N)C(=O)NCC(=O)Nc1cc(Cl)ccc1O. The van der Waals surface area contributed by atoms with Crippen molar-refractivity contribution in [1.29, 1.82) is 0 Å². The highest BCUT2D eigenvalue weighted by Gasteiger charge is 2.29. The topological polar surface area (TPSA) is 177 Å². The molecule has 2 aromatic rings. The number of rotatable bonds is 11. The molecule has 0 fully saturated rings. The number of anilines is 1. The molecule has 0 radical (unpaired) electrons. The van der Waals surface area contributed by atoms with Crippen LogP contribution in [0.4, 0.5) is 18.9 Å². The molecule has 0 saturated heterocycles. The van der Waals surface area contributed by atoms with E-state index in [2.05, 4.69) is 10.6 Å². The number of hydrogen-bond acceptors (Lipinski definition) is 7. The number of hydrogen-bond donors (Lipinski definition) is 6. The van der Waals surface area contributed by atoms with Gasteiger partial charge in [0.05, 0.1) is 23.8 Å². The summed E-state index contributed by atoms with van der Waals surface area (Å²) in [5, 5.41) is 14.8. The van der Waals surface area contributed by atoms with Gasteiger partial charge in [-0.3, -0.25) is 14.4 Å². The molecule has 0 aliphatic heterocycles. The average molecular weight is 575 g/mol. The molecule has 39 heavy (non-hydrogen) atoms. The summed E-state index contributed by atoms with van der Waals surface area (Å²) in [7, 11) is 0. The predicted octanol–water partition coefficient (Wildman–Crippen LogP) is 1.97. The Balaban J connectivity index is 0.000000573. The number of halogens is 4. The van der Waals surface area contributed by atoms with E-state index in [9.17, 15) is 32.7 Å². The molecule has 2 rings (SSSR count). The fraction of sp³-hybridized carbons (Fsp3) is 0.400. The summed E-state index contributed by atoms with van der Waals surface area (Å²) in [5.41, 5.74) is 17.1. The number of carbonyl (C=O) groups is 3. The molecule has 0 spiro atoms. The van der Waals surface area contributed by atoms with E-state index in [1.165, 1.54) is 35.2 Å². The second-order valence-electron chi connectivity index (χ2n) is 8.39. The molecule has 1 atom stereocenters. The summed E-state index contributed by atoms with van der Waals surface area (Å²) in [6.45, 7) is 2.80. The standard InChI is InChI=1S/C17H27ClN6O4.C8H7F3/c18-11-1-3-14(25)13(9-11)23-15(26)10-22-17(28)12(21)2-4-16(27)24(7-5-19)8-6-20;1-6-2-4-7(5-3-6)8(9,10)11/h1,3,9,12,25H,2,4-8,10,19-21H2,(H,22,28)(H,23,26);2-5H,1H3. The second-order valence-corrected chi connectivity index (χ2v) is 8.83. The van der Waals surface area contributed by atoms with Crippen molar-refractivity contribution < 1.29 is 32.7 Å². The van der Waals surface area contributed by atoms with Crippen molar-refractivity contribution in [2.45, 2.75) is 32.0 Å². The quantitative estimate of drug-likeness (QED) is 0.222. The normalized spacial score (nSPS) is 11.6. The van der Waals surface area contributed by atoms with Gasteiger partial charge in [0.1, 0.15) is 5.75 Å². The number of nitrogens with two attached hydrogens (primary N) is 3. The maximum Gasteiger partial charge on any atom is 0.416 e. The molecule has 0 aliphatic carbocycles. The van der Waals surface area contributed by atoms with Crippen LogP contribution in [-0.2, 0) is 20.6 Å². The Bertz CT molecular complexity index is 1080. The number of alkyl halides is 3. The third kappa shape index (κ3) is 12.8. The van der Waals surface area contributed by atoms with Crippen molar-refractivity contribution in [3.8, 4) is 5.75 Å². The van der Waals surface area contributed by atoms with E-state index in [-0.39, 0.29) is 36.7 Å². The molecule has 0 heterocycles.